The minimum atomic E-state index is -2.66. The number of hydrogen-bond donors (Lipinski definition) is 1. The van der Waals surface area contributed by atoms with E-state index in [2.05, 4.69) is 10.3 Å². The highest BCUT2D eigenvalue weighted by Crippen LogP contribution is 2.42. The van der Waals surface area contributed by atoms with Crippen LogP contribution >= 0.6 is 0 Å². The van der Waals surface area contributed by atoms with Gasteiger partial charge in [-0.2, -0.15) is 0 Å². The van der Waals surface area contributed by atoms with Crippen LogP contribution in [0.15, 0.2) is 18.3 Å². The smallest absolute Gasteiger partial charge is 0.249 e. The monoisotopic (exact) mass is 256 g/mol. The normalized spacial score (nSPS) is 17.9. The van der Waals surface area contributed by atoms with E-state index < -0.39 is 11.8 Å². The number of aromatic nitrogens is 1. The predicted octanol–water partition coefficient (Wildman–Crippen LogP) is 1.75. The molecule has 0 bridgehead atoms. The lowest BCUT2D eigenvalue weighted by molar-refractivity contribution is -0.150. The summed E-state index contributed by atoms with van der Waals surface area (Å²) in [5.41, 5.74) is 0.821. The maximum Gasteiger partial charge on any atom is 0.249 e. The zero-order valence-electron chi connectivity index (χ0n) is 9.95. The van der Waals surface area contributed by atoms with Gasteiger partial charge >= 0.3 is 0 Å². The minimum absolute atomic E-state index is 0.291. The summed E-state index contributed by atoms with van der Waals surface area (Å²) in [5.74, 6) is -3.10. The molecule has 1 aromatic heterocycles. The Labute approximate surface area is 103 Å². The number of amides is 1. The first kappa shape index (κ1) is 12.7. The topological polar surface area (TPSA) is 51.2 Å². The minimum Gasteiger partial charge on any atom is -0.481 e. The van der Waals surface area contributed by atoms with E-state index in [9.17, 15) is 13.6 Å². The van der Waals surface area contributed by atoms with E-state index in [1.54, 1.807) is 18.3 Å². The summed E-state index contributed by atoms with van der Waals surface area (Å²) in [5, 5.41) is 2.63. The summed E-state index contributed by atoms with van der Waals surface area (Å²) in [6.07, 6.45) is 0.870. The highest BCUT2D eigenvalue weighted by Gasteiger charge is 2.48. The Morgan fingerprint density at radius 3 is 2.94 bits per heavy atom. The Kier molecular flexibility index (Phi) is 3.45. The average molecular weight is 256 g/mol. The van der Waals surface area contributed by atoms with Gasteiger partial charge in [-0.15, -0.1) is 0 Å². The fourth-order valence-corrected chi connectivity index (χ4v) is 1.85. The lowest BCUT2D eigenvalue weighted by atomic mass is 9.81. The van der Waals surface area contributed by atoms with Crippen LogP contribution in [0.1, 0.15) is 18.4 Å². The standard InChI is InChI=1S/C12H14F2N2O2/c1-18-10-4-8(2-3-15-10)7-16-11(17)9-5-12(13,14)6-9/h2-4,9H,5-7H2,1H3,(H,16,17). The summed E-state index contributed by atoms with van der Waals surface area (Å²) in [6, 6.07) is 3.42. The largest absolute Gasteiger partial charge is 0.481 e. The first-order valence-corrected chi connectivity index (χ1v) is 5.65. The molecule has 0 radical (unpaired) electrons. The van der Waals surface area contributed by atoms with Gasteiger partial charge in [0.25, 0.3) is 0 Å². The zero-order chi connectivity index (χ0) is 13.2. The molecule has 1 heterocycles. The van der Waals surface area contributed by atoms with Crippen LogP contribution in [0.4, 0.5) is 8.78 Å². The molecule has 0 saturated heterocycles. The van der Waals surface area contributed by atoms with E-state index in [0.29, 0.717) is 12.4 Å². The number of ether oxygens (including phenoxy) is 1. The number of carbonyl (C=O) groups is 1. The third-order valence-electron chi connectivity index (χ3n) is 2.94. The van der Waals surface area contributed by atoms with Gasteiger partial charge in [0, 0.05) is 37.6 Å². The molecule has 0 aromatic carbocycles. The molecule has 0 atom stereocenters. The van der Waals surface area contributed by atoms with Crippen molar-refractivity contribution in [2.24, 2.45) is 5.92 Å². The van der Waals surface area contributed by atoms with Crippen molar-refractivity contribution in [3.8, 4) is 5.88 Å². The van der Waals surface area contributed by atoms with Crippen LogP contribution in [0.2, 0.25) is 0 Å². The number of halogens is 2. The molecular weight excluding hydrogens is 242 g/mol. The molecular formula is C12H14F2N2O2. The number of hydrogen-bond acceptors (Lipinski definition) is 3. The Bertz CT molecular complexity index is 443. The van der Waals surface area contributed by atoms with Crippen LogP contribution in [0.5, 0.6) is 5.88 Å². The molecule has 1 amide bonds. The van der Waals surface area contributed by atoms with Gasteiger partial charge in [0.1, 0.15) is 0 Å². The molecule has 1 aliphatic carbocycles. The second-order valence-corrected chi connectivity index (χ2v) is 4.39. The maximum absolute atomic E-state index is 12.6. The van der Waals surface area contributed by atoms with Gasteiger partial charge in [-0.3, -0.25) is 4.79 Å². The van der Waals surface area contributed by atoms with Crippen molar-refractivity contribution in [1.82, 2.24) is 10.3 Å². The Morgan fingerprint density at radius 2 is 2.33 bits per heavy atom. The van der Waals surface area contributed by atoms with Crippen molar-refractivity contribution in [2.75, 3.05) is 7.11 Å². The van der Waals surface area contributed by atoms with Crippen LogP contribution in [0.25, 0.3) is 0 Å². The van der Waals surface area contributed by atoms with Crippen LogP contribution < -0.4 is 10.1 Å². The third kappa shape index (κ3) is 2.94. The van der Waals surface area contributed by atoms with Gasteiger partial charge in [-0.25, -0.2) is 13.8 Å². The molecule has 1 fully saturated rings. The number of nitrogens with one attached hydrogen (secondary N) is 1. The van der Waals surface area contributed by atoms with Crippen LogP contribution in [0.3, 0.4) is 0 Å². The van der Waals surface area contributed by atoms with E-state index in [1.807, 2.05) is 0 Å². The molecule has 0 aliphatic heterocycles. The van der Waals surface area contributed by atoms with Crippen molar-refractivity contribution in [2.45, 2.75) is 25.3 Å². The highest BCUT2D eigenvalue weighted by molar-refractivity contribution is 5.79. The lowest BCUT2D eigenvalue weighted by Gasteiger charge is -2.33. The molecule has 0 spiro atoms. The average Bonchev–Trinajstić information content (AvgIpc) is 2.33. The number of alkyl halides is 2. The van der Waals surface area contributed by atoms with Gasteiger partial charge in [0.2, 0.25) is 17.7 Å². The van der Waals surface area contributed by atoms with Crippen LogP contribution in [-0.2, 0) is 11.3 Å². The van der Waals surface area contributed by atoms with Gasteiger partial charge in [0.15, 0.2) is 0 Å². The summed E-state index contributed by atoms with van der Waals surface area (Å²) in [7, 11) is 1.50. The number of carbonyl (C=O) groups excluding carboxylic acids is 1. The van der Waals surface area contributed by atoms with Gasteiger partial charge in [-0.05, 0) is 11.6 Å². The predicted molar refractivity (Wildman–Crippen MR) is 60.3 cm³/mol. The molecule has 1 aliphatic rings. The Balaban J connectivity index is 1.82. The molecule has 6 heteroatoms. The molecule has 1 N–H and O–H groups in total. The van der Waals surface area contributed by atoms with E-state index in [1.165, 1.54) is 7.11 Å². The quantitative estimate of drug-likeness (QED) is 0.893. The maximum atomic E-state index is 12.6. The van der Waals surface area contributed by atoms with Crippen molar-refractivity contribution in [3.63, 3.8) is 0 Å². The number of methoxy groups -OCH3 is 1. The molecule has 4 nitrogen and oxygen atoms in total. The second kappa shape index (κ2) is 4.88. The second-order valence-electron chi connectivity index (χ2n) is 4.39. The van der Waals surface area contributed by atoms with Gasteiger partial charge in [-0.1, -0.05) is 0 Å². The summed E-state index contributed by atoms with van der Waals surface area (Å²) < 4.78 is 30.2. The molecule has 2 rings (SSSR count). The van der Waals surface area contributed by atoms with E-state index >= 15 is 0 Å². The molecule has 0 unspecified atom stereocenters. The van der Waals surface area contributed by atoms with E-state index in [4.69, 9.17) is 4.74 Å². The van der Waals surface area contributed by atoms with E-state index in [0.717, 1.165) is 5.56 Å². The molecule has 98 valence electrons. The highest BCUT2D eigenvalue weighted by atomic mass is 19.3. The lowest BCUT2D eigenvalue weighted by Crippen LogP contribution is -2.44. The van der Waals surface area contributed by atoms with Crippen molar-refractivity contribution < 1.29 is 18.3 Å². The molecule has 1 saturated carbocycles. The number of rotatable bonds is 4. The molecule has 18 heavy (non-hydrogen) atoms. The van der Waals surface area contributed by atoms with Gasteiger partial charge in [0.05, 0.1) is 7.11 Å². The Hall–Kier alpha value is -1.72. The van der Waals surface area contributed by atoms with Crippen molar-refractivity contribution in [1.29, 1.82) is 0 Å². The van der Waals surface area contributed by atoms with Gasteiger partial charge < -0.3 is 10.1 Å². The zero-order valence-corrected chi connectivity index (χ0v) is 9.95. The third-order valence-corrected chi connectivity index (χ3v) is 2.94. The van der Waals surface area contributed by atoms with E-state index in [-0.39, 0.29) is 18.7 Å². The summed E-state index contributed by atoms with van der Waals surface area (Å²) in [4.78, 5) is 15.5. The van der Waals surface area contributed by atoms with Crippen molar-refractivity contribution >= 4 is 5.91 Å². The van der Waals surface area contributed by atoms with Crippen LogP contribution in [0, 0.1) is 5.92 Å². The van der Waals surface area contributed by atoms with Crippen molar-refractivity contribution in [3.05, 3.63) is 23.9 Å². The fourth-order valence-electron chi connectivity index (χ4n) is 1.85. The SMILES string of the molecule is COc1cc(CNC(=O)C2CC(F)(F)C2)ccn1. The summed E-state index contributed by atoms with van der Waals surface area (Å²) in [6.45, 7) is 0.291. The first-order valence-electron chi connectivity index (χ1n) is 5.65. The number of pyridine rings is 1. The number of nitrogens with zero attached hydrogens (tertiary/aromatic N) is 1. The molecule has 1 aromatic rings. The first-order chi connectivity index (χ1) is 8.50. The fraction of sp³-hybridized carbons (Fsp3) is 0.500. The summed E-state index contributed by atoms with van der Waals surface area (Å²) >= 11 is 0. The Morgan fingerprint density at radius 1 is 1.61 bits per heavy atom. The van der Waals surface area contributed by atoms with Crippen LogP contribution in [-0.4, -0.2) is 23.9 Å².